The Balaban J connectivity index is 2.56. The zero-order valence-electron chi connectivity index (χ0n) is 10.0. The third-order valence-electron chi connectivity index (χ3n) is 2.01. The standard InChI is InChI=1S/C11H12Cl2N2O3S/c1-18-10(17)5-19-4-9(16)15-11-7(12)2-6(14)3-8(11)13/h2-3H,4-5,14H2,1H3,(H,15,16). The van der Waals surface area contributed by atoms with Crippen molar-refractivity contribution in [3.63, 3.8) is 0 Å². The third kappa shape index (κ3) is 5.18. The molecule has 0 spiro atoms. The van der Waals surface area contributed by atoms with Crippen LogP contribution < -0.4 is 11.1 Å². The van der Waals surface area contributed by atoms with Gasteiger partial charge in [0.2, 0.25) is 5.91 Å². The second-order valence-corrected chi connectivity index (χ2v) is 5.28. The van der Waals surface area contributed by atoms with Crippen molar-refractivity contribution in [2.24, 2.45) is 0 Å². The Hall–Kier alpha value is -1.11. The van der Waals surface area contributed by atoms with Crippen molar-refractivity contribution in [1.82, 2.24) is 0 Å². The molecule has 0 aliphatic heterocycles. The van der Waals surface area contributed by atoms with E-state index >= 15 is 0 Å². The van der Waals surface area contributed by atoms with Gasteiger partial charge in [0.25, 0.3) is 0 Å². The molecule has 0 radical (unpaired) electrons. The van der Waals surface area contributed by atoms with Crippen molar-refractivity contribution in [1.29, 1.82) is 0 Å². The lowest BCUT2D eigenvalue weighted by Gasteiger charge is -2.09. The van der Waals surface area contributed by atoms with Gasteiger partial charge in [0.05, 0.1) is 34.3 Å². The first-order valence-corrected chi connectivity index (χ1v) is 7.04. The molecule has 1 rings (SSSR count). The molecule has 0 saturated heterocycles. The first kappa shape index (κ1) is 15.9. The number of methoxy groups -OCH3 is 1. The Labute approximate surface area is 124 Å². The molecule has 1 aromatic carbocycles. The van der Waals surface area contributed by atoms with Gasteiger partial charge in [-0.05, 0) is 12.1 Å². The maximum atomic E-state index is 11.6. The van der Waals surface area contributed by atoms with Gasteiger partial charge in [-0.25, -0.2) is 0 Å². The van der Waals surface area contributed by atoms with Crippen LogP contribution >= 0.6 is 35.0 Å². The number of ether oxygens (including phenoxy) is 1. The van der Waals surface area contributed by atoms with Gasteiger partial charge >= 0.3 is 5.97 Å². The van der Waals surface area contributed by atoms with Crippen molar-refractivity contribution < 1.29 is 14.3 Å². The van der Waals surface area contributed by atoms with Gasteiger partial charge in [0.1, 0.15) is 0 Å². The number of anilines is 2. The number of halogens is 2. The number of amides is 1. The summed E-state index contributed by atoms with van der Waals surface area (Å²) in [5.74, 6) is -0.511. The van der Waals surface area contributed by atoms with Crippen molar-refractivity contribution in [2.45, 2.75) is 0 Å². The number of nitrogens with one attached hydrogen (secondary N) is 1. The number of esters is 1. The third-order valence-corrected chi connectivity index (χ3v) is 3.51. The molecule has 0 bridgehead atoms. The van der Waals surface area contributed by atoms with E-state index in [0.717, 1.165) is 11.8 Å². The molecule has 0 aliphatic carbocycles. The number of nitrogen functional groups attached to an aromatic ring is 1. The average molecular weight is 323 g/mol. The van der Waals surface area contributed by atoms with E-state index in [1.165, 1.54) is 19.2 Å². The van der Waals surface area contributed by atoms with Gasteiger partial charge in [0, 0.05) is 5.69 Å². The molecule has 0 saturated carbocycles. The Kier molecular flexibility index (Phi) is 6.27. The predicted molar refractivity (Wildman–Crippen MR) is 78.8 cm³/mol. The van der Waals surface area contributed by atoms with Crippen LogP contribution in [0, 0.1) is 0 Å². The fraction of sp³-hybridized carbons (Fsp3) is 0.273. The van der Waals surface area contributed by atoms with Crippen LogP contribution in [-0.4, -0.2) is 30.5 Å². The molecule has 104 valence electrons. The minimum absolute atomic E-state index is 0.0894. The summed E-state index contributed by atoms with van der Waals surface area (Å²) in [7, 11) is 1.29. The summed E-state index contributed by atoms with van der Waals surface area (Å²) >= 11 is 13.0. The molecule has 0 unspecified atom stereocenters. The first-order valence-electron chi connectivity index (χ1n) is 5.13. The van der Waals surface area contributed by atoms with Gasteiger partial charge in [0.15, 0.2) is 0 Å². The Morgan fingerprint density at radius 1 is 1.32 bits per heavy atom. The molecule has 0 atom stereocenters. The molecule has 0 aromatic heterocycles. The molecule has 1 aromatic rings. The molecule has 5 nitrogen and oxygen atoms in total. The Bertz CT molecular complexity index is 474. The van der Waals surface area contributed by atoms with Crippen LogP contribution in [0.25, 0.3) is 0 Å². The number of carbonyl (C=O) groups is 2. The average Bonchev–Trinajstić information content (AvgIpc) is 2.33. The summed E-state index contributed by atoms with van der Waals surface area (Å²) in [6.07, 6.45) is 0. The highest BCUT2D eigenvalue weighted by Gasteiger charge is 2.11. The lowest BCUT2D eigenvalue weighted by molar-refractivity contribution is -0.137. The van der Waals surface area contributed by atoms with Crippen LogP contribution in [0.2, 0.25) is 10.0 Å². The topological polar surface area (TPSA) is 81.4 Å². The normalized spacial score (nSPS) is 10.1. The first-order chi connectivity index (χ1) is 8.93. The summed E-state index contributed by atoms with van der Waals surface area (Å²) in [6, 6.07) is 2.98. The number of benzene rings is 1. The number of carbonyl (C=O) groups excluding carboxylic acids is 2. The van der Waals surface area contributed by atoms with E-state index in [9.17, 15) is 9.59 Å². The molecular formula is C11H12Cl2N2O3S. The summed E-state index contributed by atoms with van der Waals surface area (Å²) in [5, 5.41) is 3.09. The fourth-order valence-corrected chi connectivity index (χ4v) is 2.42. The summed E-state index contributed by atoms with van der Waals surface area (Å²) in [6.45, 7) is 0. The molecule has 3 N–H and O–H groups in total. The van der Waals surface area contributed by atoms with Gasteiger partial charge in [-0.1, -0.05) is 23.2 Å². The van der Waals surface area contributed by atoms with Gasteiger partial charge in [-0.15, -0.1) is 11.8 Å². The van der Waals surface area contributed by atoms with E-state index in [1.807, 2.05) is 0 Å². The van der Waals surface area contributed by atoms with Crippen LogP contribution in [0.1, 0.15) is 0 Å². The highest BCUT2D eigenvalue weighted by atomic mass is 35.5. The minimum atomic E-state index is -0.388. The van der Waals surface area contributed by atoms with Gasteiger partial charge in [-0.3, -0.25) is 9.59 Å². The number of thioether (sulfide) groups is 1. The van der Waals surface area contributed by atoms with Crippen LogP contribution in [0.5, 0.6) is 0 Å². The zero-order chi connectivity index (χ0) is 14.4. The largest absolute Gasteiger partial charge is 0.468 e. The molecule has 0 aliphatic rings. The number of nitrogens with two attached hydrogens (primary N) is 1. The maximum absolute atomic E-state index is 11.6. The number of hydrogen-bond acceptors (Lipinski definition) is 5. The maximum Gasteiger partial charge on any atom is 0.315 e. The monoisotopic (exact) mass is 322 g/mol. The molecule has 1 amide bonds. The van der Waals surface area contributed by atoms with E-state index < -0.39 is 0 Å². The van der Waals surface area contributed by atoms with E-state index in [1.54, 1.807) is 0 Å². The fourth-order valence-electron chi connectivity index (χ4n) is 1.17. The van der Waals surface area contributed by atoms with Crippen molar-refractivity contribution in [3.05, 3.63) is 22.2 Å². The Morgan fingerprint density at radius 2 is 1.89 bits per heavy atom. The van der Waals surface area contributed by atoms with Crippen LogP contribution in [-0.2, 0) is 14.3 Å². The Morgan fingerprint density at radius 3 is 2.42 bits per heavy atom. The zero-order valence-corrected chi connectivity index (χ0v) is 12.4. The van der Waals surface area contributed by atoms with E-state index in [2.05, 4.69) is 10.1 Å². The number of hydrogen-bond donors (Lipinski definition) is 2. The van der Waals surface area contributed by atoms with Gasteiger partial charge < -0.3 is 15.8 Å². The summed E-state index contributed by atoms with van der Waals surface area (Å²) in [5.41, 5.74) is 6.27. The lowest BCUT2D eigenvalue weighted by atomic mass is 10.3. The second-order valence-electron chi connectivity index (χ2n) is 3.48. The van der Waals surface area contributed by atoms with Gasteiger partial charge in [-0.2, -0.15) is 0 Å². The van der Waals surface area contributed by atoms with E-state index in [0.29, 0.717) is 11.4 Å². The second kappa shape index (κ2) is 7.47. The quantitative estimate of drug-likeness (QED) is 0.642. The molecule has 0 fully saturated rings. The predicted octanol–water partition coefficient (Wildman–Crippen LogP) is 2.42. The smallest absolute Gasteiger partial charge is 0.315 e. The molecule has 8 heteroatoms. The SMILES string of the molecule is COC(=O)CSCC(=O)Nc1c(Cl)cc(N)cc1Cl. The van der Waals surface area contributed by atoms with E-state index in [-0.39, 0.29) is 33.4 Å². The highest BCUT2D eigenvalue weighted by molar-refractivity contribution is 8.00. The van der Waals surface area contributed by atoms with Crippen molar-refractivity contribution in [3.8, 4) is 0 Å². The van der Waals surface area contributed by atoms with E-state index in [4.69, 9.17) is 28.9 Å². The molecular weight excluding hydrogens is 311 g/mol. The van der Waals surface area contributed by atoms with Crippen LogP contribution in [0.3, 0.4) is 0 Å². The van der Waals surface area contributed by atoms with Crippen LogP contribution in [0.15, 0.2) is 12.1 Å². The highest BCUT2D eigenvalue weighted by Crippen LogP contribution is 2.32. The molecule has 19 heavy (non-hydrogen) atoms. The summed E-state index contributed by atoms with van der Waals surface area (Å²) < 4.78 is 4.45. The summed E-state index contributed by atoms with van der Waals surface area (Å²) in [4.78, 5) is 22.5. The lowest BCUT2D eigenvalue weighted by Crippen LogP contribution is -2.16. The van der Waals surface area contributed by atoms with Crippen molar-refractivity contribution >= 4 is 58.2 Å². The van der Waals surface area contributed by atoms with Crippen LogP contribution in [0.4, 0.5) is 11.4 Å². The molecule has 0 heterocycles. The number of rotatable bonds is 5. The minimum Gasteiger partial charge on any atom is -0.468 e. The van der Waals surface area contributed by atoms with Crippen molar-refractivity contribution in [2.75, 3.05) is 29.7 Å².